The number of aryl methyl sites for hydroxylation is 2. The molecule has 0 unspecified atom stereocenters. The molecule has 0 atom stereocenters. The molecule has 2 nitrogen and oxygen atoms in total. The predicted molar refractivity (Wildman–Crippen MR) is 50.4 cm³/mol. The molecular weight excluding hydrogens is 150 g/mol. The first kappa shape index (κ1) is 9.04. The topological polar surface area (TPSA) is 32.9 Å². The van der Waals surface area contributed by atoms with Crippen LogP contribution in [-0.2, 0) is 6.42 Å². The summed E-state index contributed by atoms with van der Waals surface area (Å²) in [6.45, 7) is 4.02. The standard InChI is InChI=1S/C10H15NO/c1-3-4-5-9-7-6-8(2)11-10(9)12/h6-7H,3-5H2,1-2H3,(H,11,12). The third kappa shape index (κ3) is 2.22. The lowest BCUT2D eigenvalue weighted by atomic mass is 10.1. The Bertz CT molecular complexity index is 301. The van der Waals surface area contributed by atoms with Crippen molar-refractivity contribution in [1.82, 2.24) is 4.98 Å². The highest BCUT2D eigenvalue weighted by atomic mass is 16.1. The van der Waals surface area contributed by atoms with E-state index in [1.165, 1.54) is 0 Å². The first-order valence-electron chi connectivity index (χ1n) is 4.43. The van der Waals surface area contributed by atoms with E-state index in [0.29, 0.717) is 0 Å². The van der Waals surface area contributed by atoms with Gasteiger partial charge in [0.1, 0.15) is 0 Å². The summed E-state index contributed by atoms with van der Waals surface area (Å²) < 4.78 is 0. The predicted octanol–water partition coefficient (Wildman–Crippen LogP) is 2.03. The van der Waals surface area contributed by atoms with Crippen LogP contribution in [0.3, 0.4) is 0 Å². The molecule has 0 bridgehead atoms. The zero-order chi connectivity index (χ0) is 8.97. The Morgan fingerprint density at radius 3 is 2.75 bits per heavy atom. The molecule has 1 N–H and O–H groups in total. The van der Waals surface area contributed by atoms with Gasteiger partial charge in [0, 0.05) is 11.3 Å². The van der Waals surface area contributed by atoms with Gasteiger partial charge in [0.05, 0.1) is 0 Å². The van der Waals surface area contributed by atoms with E-state index in [4.69, 9.17) is 0 Å². The Morgan fingerprint density at radius 1 is 1.42 bits per heavy atom. The summed E-state index contributed by atoms with van der Waals surface area (Å²) in [7, 11) is 0. The molecule has 0 spiro atoms. The summed E-state index contributed by atoms with van der Waals surface area (Å²) in [4.78, 5) is 14.1. The molecule has 0 saturated heterocycles. The van der Waals surface area contributed by atoms with Crippen LogP contribution >= 0.6 is 0 Å². The lowest BCUT2D eigenvalue weighted by molar-refractivity contribution is 0.785. The first-order valence-corrected chi connectivity index (χ1v) is 4.43. The third-order valence-corrected chi connectivity index (χ3v) is 1.94. The molecule has 1 heterocycles. The summed E-state index contributed by atoms with van der Waals surface area (Å²) >= 11 is 0. The van der Waals surface area contributed by atoms with Crippen molar-refractivity contribution in [3.05, 3.63) is 33.7 Å². The Labute approximate surface area is 72.6 Å². The molecular formula is C10H15NO. The van der Waals surface area contributed by atoms with Crippen LogP contribution in [0, 0.1) is 6.92 Å². The van der Waals surface area contributed by atoms with Crippen LogP contribution in [0.4, 0.5) is 0 Å². The first-order chi connectivity index (χ1) is 5.74. The molecule has 0 aliphatic rings. The largest absolute Gasteiger partial charge is 0.326 e. The van der Waals surface area contributed by atoms with Gasteiger partial charge in [0.2, 0.25) is 0 Å². The van der Waals surface area contributed by atoms with Gasteiger partial charge in [0.15, 0.2) is 0 Å². The van der Waals surface area contributed by atoms with Crippen LogP contribution in [0.2, 0.25) is 0 Å². The molecule has 2 heteroatoms. The molecule has 0 aliphatic carbocycles. The number of H-pyrrole nitrogens is 1. The molecule has 0 aromatic carbocycles. The van der Waals surface area contributed by atoms with Gasteiger partial charge in [-0.3, -0.25) is 4.79 Å². The minimum absolute atomic E-state index is 0.0726. The maximum Gasteiger partial charge on any atom is 0.251 e. The van der Waals surface area contributed by atoms with Crippen molar-refractivity contribution >= 4 is 0 Å². The van der Waals surface area contributed by atoms with Crippen molar-refractivity contribution in [2.75, 3.05) is 0 Å². The van der Waals surface area contributed by atoms with Crippen molar-refractivity contribution in [3.63, 3.8) is 0 Å². The highest BCUT2D eigenvalue weighted by Crippen LogP contribution is 1.99. The van der Waals surface area contributed by atoms with Crippen molar-refractivity contribution in [2.45, 2.75) is 33.1 Å². The van der Waals surface area contributed by atoms with E-state index in [1.807, 2.05) is 19.1 Å². The van der Waals surface area contributed by atoms with E-state index < -0.39 is 0 Å². The molecule has 0 radical (unpaired) electrons. The second-order valence-corrected chi connectivity index (χ2v) is 3.10. The average Bonchev–Trinajstić information content (AvgIpc) is 2.03. The number of nitrogens with one attached hydrogen (secondary N) is 1. The Hall–Kier alpha value is -1.05. The average molecular weight is 165 g/mol. The fraction of sp³-hybridized carbons (Fsp3) is 0.500. The number of aromatic amines is 1. The fourth-order valence-electron chi connectivity index (χ4n) is 1.17. The van der Waals surface area contributed by atoms with Crippen LogP contribution < -0.4 is 5.56 Å². The lowest BCUT2D eigenvalue weighted by Gasteiger charge is -1.98. The zero-order valence-corrected chi connectivity index (χ0v) is 7.68. The van der Waals surface area contributed by atoms with Crippen molar-refractivity contribution in [2.24, 2.45) is 0 Å². The normalized spacial score (nSPS) is 10.2. The Morgan fingerprint density at radius 2 is 2.17 bits per heavy atom. The summed E-state index contributed by atoms with van der Waals surface area (Å²) in [5.74, 6) is 0. The van der Waals surface area contributed by atoms with E-state index in [2.05, 4.69) is 11.9 Å². The molecule has 0 amide bonds. The molecule has 0 saturated carbocycles. The van der Waals surface area contributed by atoms with E-state index >= 15 is 0 Å². The van der Waals surface area contributed by atoms with Gasteiger partial charge in [-0.15, -0.1) is 0 Å². The third-order valence-electron chi connectivity index (χ3n) is 1.94. The summed E-state index contributed by atoms with van der Waals surface area (Å²) in [6, 6.07) is 3.87. The molecule has 66 valence electrons. The Kier molecular flexibility index (Phi) is 3.09. The number of hydrogen-bond acceptors (Lipinski definition) is 1. The monoisotopic (exact) mass is 165 g/mol. The highest BCUT2D eigenvalue weighted by molar-refractivity contribution is 5.13. The highest BCUT2D eigenvalue weighted by Gasteiger charge is 1.97. The zero-order valence-electron chi connectivity index (χ0n) is 7.68. The van der Waals surface area contributed by atoms with Gasteiger partial charge in [-0.1, -0.05) is 19.4 Å². The van der Waals surface area contributed by atoms with Crippen molar-refractivity contribution in [3.8, 4) is 0 Å². The van der Waals surface area contributed by atoms with E-state index in [1.54, 1.807) is 0 Å². The molecule has 0 aliphatic heterocycles. The number of hydrogen-bond donors (Lipinski definition) is 1. The molecule has 1 aromatic rings. The number of rotatable bonds is 3. The van der Waals surface area contributed by atoms with Crippen molar-refractivity contribution < 1.29 is 0 Å². The SMILES string of the molecule is CCCCc1ccc(C)[nH]c1=O. The maximum absolute atomic E-state index is 11.3. The quantitative estimate of drug-likeness (QED) is 0.730. The van der Waals surface area contributed by atoms with Crippen LogP contribution in [0.15, 0.2) is 16.9 Å². The van der Waals surface area contributed by atoms with Crippen molar-refractivity contribution in [1.29, 1.82) is 0 Å². The van der Waals surface area contributed by atoms with Gasteiger partial charge in [-0.25, -0.2) is 0 Å². The van der Waals surface area contributed by atoms with E-state index in [9.17, 15) is 4.79 Å². The number of aromatic nitrogens is 1. The summed E-state index contributed by atoms with van der Waals surface area (Å²) in [5, 5.41) is 0. The minimum Gasteiger partial charge on any atom is -0.326 e. The smallest absolute Gasteiger partial charge is 0.251 e. The summed E-state index contributed by atoms with van der Waals surface area (Å²) in [6.07, 6.45) is 3.12. The van der Waals surface area contributed by atoms with Gasteiger partial charge < -0.3 is 4.98 Å². The van der Waals surface area contributed by atoms with Crippen LogP contribution in [0.5, 0.6) is 0 Å². The molecule has 1 aromatic heterocycles. The number of pyridine rings is 1. The maximum atomic E-state index is 11.3. The number of unbranched alkanes of at least 4 members (excludes halogenated alkanes) is 1. The van der Waals surface area contributed by atoms with E-state index in [-0.39, 0.29) is 5.56 Å². The van der Waals surface area contributed by atoms with Gasteiger partial charge in [-0.2, -0.15) is 0 Å². The molecule has 1 rings (SSSR count). The van der Waals surface area contributed by atoms with E-state index in [0.717, 1.165) is 30.5 Å². The fourth-order valence-corrected chi connectivity index (χ4v) is 1.17. The molecule has 0 fully saturated rings. The molecule has 12 heavy (non-hydrogen) atoms. The van der Waals surface area contributed by atoms with Crippen LogP contribution in [0.1, 0.15) is 31.0 Å². The van der Waals surface area contributed by atoms with Crippen LogP contribution in [0.25, 0.3) is 0 Å². The second-order valence-electron chi connectivity index (χ2n) is 3.10. The van der Waals surface area contributed by atoms with Crippen LogP contribution in [-0.4, -0.2) is 4.98 Å². The van der Waals surface area contributed by atoms with Gasteiger partial charge in [-0.05, 0) is 25.8 Å². The minimum atomic E-state index is 0.0726. The Balaban J connectivity index is 2.80. The lowest BCUT2D eigenvalue weighted by Crippen LogP contribution is -2.12. The van der Waals surface area contributed by atoms with Gasteiger partial charge >= 0.3 is 0 Å². The summed E-state index contributed by atoms with van der Waals surface area (Å²) in [5.41, 5.74) is 1.91. The second kappa shape index (κ2) is 4.10. The van der Waals surface area contributed by atoms with Gasteiger partial charge in [0.25, 0.3) is 5.56 Å².